The maximum absolute atomic E-state index is 5.88. The van der Waals surface area contributed by atoms with Gasteiger partial charge >= 0.3 is 0 Å². The van der Waals surface area contributed by atoms with E-state index in [-0.39, 0.29) is 0 Å². The smallest absolute Gasteiger partial charge is 0.0234 e. The Morgan fingerprint density at radius 1 is 1.15 bits per heavy atom. The number of nitrogens with two attached hydrogens (primary N) is 1. The van der Waals surface area contributed by atoms with Gasteiger partial charge in [0.05, 0.1) is 0 Å². The fourth-order valence-corrected chi connectivity index (χ4v) is 3.80. The van der Waals surface area contributed by atoms with Crippen molar-refractivity contribution in [3.8, 4) is 0 Å². The SMILES string of the molecule is NCC1CCCC1NC1CCN(Cc2ccccc2)C1. The third kappa shape index (κ3) is 3.40. The number of likely N-dealkylation sites (tertiary alicyclic amines) is 1. The lowest BCUT2D eigenvalue weighted by Gasteiger charge is -2.24. The molecule has 3 rings (SSSR count). The molecule has 0 aromatic heterocycles. The third-order valence-electron chi connectivity index (χ3n) is 4.93. The molecule has 1 aromatic rings. The van der Waals surface area contributed by atoms with Crippen molar-refractivity contribution in [3.05, 3.63) is 35.9 Å². The lowest BCUT2D eigenvalue weighted by Crippen LogP contribution is -2.43. The van der Waals surface area contributed by atoms with Crippen LogP contribution in [0.4, 0.5) is 0 Å². The fourth-order valence-electron chi connectivity index (χ4n) is 3.80. The molecule has 1 aliphatic heterocycles. The van der Waals surface area contributed by atoms with E-state index in [1.54, 1.807) is 0 Å². The van der Waals surface area contributed by atoms with E-state index in [4.69, 9.17) is 5.73 Å². The van der Waals surface area contributed by atoms with Crippen molar-refractivity contribution in [2.75, 3.05) is 19.6 Å². The second-order valence-corrected chi connectivity index (χ2v) is 6.41. The minimum atomic E-state index is 0.663. The Labute approximate surface area is 122 Å². The number of nitrogens with zero attached hydrogens (tertiary/aromatic N) is 1. The molecule has 0 spiro atoms. The van der Waals surface area contributed by atoms with Gasteiger partial charge in [0.1, 0.15) is 0 Å². The Hall–Kier alpha value is -0.900. The molecule has 3 unspecified atom stereocenters. The van der Waals surface area contributed by atoms with E-state index < -0.39 is 0 Å². The first-order chi connectivity index (χ1) is 9.85. The first-order valence-electron chi connectivity index (χ1n) is 8.07. The second kappa shape index (κ2) is 6.70. The zero-order valence-corrected chi connectivity index (χ0v) is 12.3. The van der Waals surface area contributed by atoms with Gasteiger partial charge in [-0.05, 0) is 37.3 Å². The van der Waals surface area contributed by atoms with Gasteiger partial charge in [-0.2, -0.15) is 0 Å². The van der Waals surface area contributed by atoms with Crippen LogP contribution in [0.1, 0.15) is 31.2 Å². The summed E-state index contributed by atoms with van der Waals surface area (Å²) in [5, 5.41) is 3.87. The topological polar surface area (TPSA) is 41.3 Å². The molecule has 1 heterocycles. The standard InChI is InChI=1S/C17H27N3/c18-11-15-7-4-8-17(15)19-16-9-10-20(13-16)12-14-5-2-1-3-6-14/h1-3,5-6,15-17,19H,4,7-13,18H2. The molecule has 1 saturated heterocycles. The number of nitrogens with one attached hydrogen (secondary N) is 1. The summed E-state index contributed by atoms with van der Waals surface area (Å²) in [6, 6.07) is 12.1. The molecule has 1 aliphatic carbocycles. The summed E-state index contributed by atoms with van der Waals surface area (Å²) >= 11 is 0. The van der Waals surface area contributed by atoms with Crippen LogP contribution < -0.4 is 11.1 Å². The molecule has 0 bridgehead atoms. The highest BCUT2D eigenvalue weighted by Gasteiger charge is 2.30. The quantitative estimate of drug-likeness (QED) is 0.862. The fraction of sp³-hybridized carbons (Fsp3) is 0.647. The van der Waals surface area contributed by atoms with Gasteiger partial charge in [-0.15, -0.1) is 0 Å². The zero-order valence-electron chi connectivity index (χ0n) is 12.3. The van der Waals surface area contributed by atoms with Gasteiger partial charge in [0.2, 0.25) is 0 Å². The van der Waals surface area contributed by atoms with Crippen LogP contribution >= 0.6 is 0 Å². The summed E-state index contributed by atoms with van der Waals surface area (Å²) in [5.74, 6) is 0.707. The van der Waals surface area contributed by atoms with E-state index in [1.807, 2.05) is 0 Å². The highest BCUT2D eigenvalue weighted by Crippen LogP contribution is 2.26. The van der Waals surface area contributed by atoms with E-state index in [0.717, 1.165) is 13.1 Å². The molecular weight excluding hydrogens is 246 g/mol. The summed E-state index contributed by atoms with van der Waals surface area (Å²) in [5.41, 5.74) is 7.30. The monoisotopic (exact) mass is 273 g/mol. The molecule has 3 heteroatoms. The van der Waals surface area contributed by atoms with Gasteiger partial charge in [0, 0.05) is 31.7 Å². The minimum Gasteiger partial charge on any atom is -0.330 e. The maximum atomic E-state index is 5.88. The molecular formula is C17H27N3. The van der Waals surface area contributed by atoms with Crippen molar-refractivity contribution >= 4 is 0 Å². The van der Waals surface area contributed by atoms with Gasteiger partial charge < -0.3 is 11.1 Å². The minimum absolute atomic E-state index is 0.663. The molecule has 3 atom stereocenters. The van der Waals surface area contributed by atoms with Crippen LogP contribution in [-0.4, -0.2) is 36.6 Å². The van der Waals surface area contributed by atoms with Gasteiger partial charge in [0.25, 0.3) is 0 Å². The summed E-state index contributed by atoms with van der Waals surface area (Å²) < 4.78 is 0. The van der Waals surface area contributed by atoms with Gasteiger partial charge in [0.15, 0.2) is 0 Å². The van der Waals surface area contributed by atoms with E-state index in [9.17, 15) is 0 Å². The maximum Gasteiger partial charge on any atom is 0.0234 e. The molecule has 110 valence electrons. The highest BCUT2D eigenvalue weighted by molar-refractivity contribution is 5.14. The molecule has 2 aliphatic rings. The summed E-state index contributed by atoms with van der Waals surface area (Å²) in [7, 11) is 0. The van der Waals surface area contributed by atoms with Crippen molar-refractivity contribution < 1.29 is 0 Å². The van der Waals surface area contributed by atoms with Crippen LogP contribution in [0.2, 0.25) is 0 Å². The lowest BCUT2D eigenvalue weighted by molar-refractivity contribution is 0.304. The molecule has 3 N–H and O–H groups in total. The Kier molecular flexibility index (Phi) is 4.71. The van der Waals surface area contributed by atoms with Crippen molar-refractivity contribution in [3.63, 3.8) is 0 Å². The zero-order chi connectivity index (χ0) is 13.8. The van der Waals surface area contributed by atoms with Crippen molar-refractivity contribution in [2.24, 2.45) is 11.7 Å². The Bertz CT molecular complexity index is 406. The highest BCUT2D eigenvalue weighted by atomic mass is 15.2. The van der Waals surface area contributed by atoms with Crippen LogP contribution in [0, 0.1) is 5.92 Å². The van der Waals surface area contributed by atoms with Gasteiger partial charge in [-0.3, -0.25) is 4.90 Å². The molecule has 1 aromatic carbocycles. The van der Waals surface area contributed by atoms with E-state index >= 15 is 0 Å². The first kappa shape index (κ1) is 14.1. The average molecular weight is 273 g/mol. The molecule has 2 fully saturated rings. The van der Waals surface area contributed by atoms with E-state index in [1.165, 1.54) is 44.3 Å². The third-order valence-corrected chi connectivity index (χ3v) is 4.93. The van der Waals surface area contributed by atoms with Gasteiger partial charge in [-0.1, -0.05) is 36.8 Å². The molecule has 0 amide bonds. The predicted molar refractivity (Wildman–Crippen MR) is 83.4 cm³/mol. The van der Waals surface area contributed by atoms with Gasteiger partial charge in [-0.25, -0.2) is 0 Å². The van der Waals surface area contributed by atoms with Crippen LogP contribution in [0.15, 0.2) is 30.3 Å². The van der Waals surface area contributed by atoms with E-state index in [2.05, 4.69) is 40.5 Å². The van der Waals surface area contributed by atoms with E-state index in [0.29, 0.717) is 18.0 Å². The number of benzene rings is 1. The molecule has 1 saturated carbocycles. The predicted octanol–water partition coefficient (Wildman–Crippen LogP) is 1.98. The van der Waals surface area contributed by atoms with Crippen LogP contribution in [-0.2, 0) is 6.54 Å². The first-order valence-corrected chi connectivity index (χ1v) is 8.07. The van der Waals surface area contributed by atoms with Crippen molar-refractivity contribution in [1.82, 2.24) is 10.2 Å². The Morgan fingerprint density at radius 3 is 2.80 bits per heavy atom. The van der Waals surface area contributed by atoms with Crippen molar-refractivity contribution in [1.29, 1.82) is 0 Å². The van der Waals surface area contributed by atoms with Crippen LogP contribution in [0.3, 0.4) is 0 Å². The van der Waals surface area contributed by atoms with Crippen molar-refractivity contribution in [2.45, 2.75) is 44.3 Å². The summed E-state index contributed by atoms with van der Waals surface area (Å²) in [6.07, 6.45) is 5.26. The largest absolute Gasteiger partial charge is 0.330 e. The van der Waals surface area contributed by atoms with Crippen LogP contribution in [0.5, 0.6) is 0 Å². The lowest BCUT2D eigenvalue weighted by atomic mass is 10.0. The average Bonchev–Trinajstić information content (AvgIpc) is 3.10. The summed E-state index contributed by atoms with van der Waals surface area (Å²) in [6.45, 7) is 4.33. The number of rotatable bonds is 5. The van der Waals surface area contributed by atoms with Crippen LogP contribution in [0.25, 0.3) is 0 Å². The molecule has 20 heavy (non-hydrogen) atoms. The Balaban J connectivity index is 1.47. The summed E-state index contributed by atoms with van der Waals surface area (Å²) in [4.78, 5) is 2.57. The molecule has 0 radical (unpaired) electrons. The molecule has 3 nitrogen and oxygen atoms in total. The number of hydrogen-bond donors (Lipinski definition) is 2. The second-order valence-electron chi connectivity index (χ2n) is 6.41. The normalized spacial score (nSPS) is 30.9. The number of hydrogen-bond acceptors (Lipinski definition) is 3. The Morgan fingerprint density at radius 2 is 2.00 bits per heavy atom.